The lowest BCUT2D eigenvalue weighted by atomic mass is 10.1. The molecule has 1 N–H and O–H groups in total. The van der Waals surface area contributed by atoms with E-state index in [1.165, 1.54) is 17.3 Å². The highest BCUT2D eigenvalue weighted by Gasteiger charge is 2.12. The maximum absolute atomic E-state index is 12.1. The molecule has 1 heterocycles. The molecule has 0 fully saturated rings. The summed E-state index contributed by atoms with van der Waals surface area (Å²) in [4.78, 5) is 12.1. The average molecular weight is 422 g/mol. The summed E-state index contributed by atoms with van der Waals surface area (Å²) in [5.41, 5.74) is 2.85. The van der Waals surface area contributed by atoms with E-state index in [1.807, 2.05) is 0 Å². The van der Waals surface area contributed by atoms with Crippen molar-refractivity contribution < 1.29 is 9.21 Å². The second kappa shape index (κ2) is 9.26. The highest BCUT2D eigenvalue weighted by Crippen LogP contribution is 2.29. The van der Waals surface area contributed by atoms with Crippen molar-refractivity contribution in [3.8, 4) is 0 Å². The molecule has 140 valence electrons. The third-order valence-electron chi connectivity index (χ3n) is 3.79. The lowest BCUT2D eigenvalue weighted by Gasteiger charge is -2.07. The van der Waals surface area contributed by atoms with Crippen molar-refractivity contribution >= 4 is 46.6 Å². The van der Waals surface area contributed by atoms with Crippen LogP contribution >= 0.6 is 35.0 Å². The number of carbonyl (C=O) groups is 1. The minimum absolute atomic E-state index is 0.121. The summed E-state index contributed by atoms with van der Waals surface area (Å²) in [6.45, 7) is 2.12. The van der Waals surface area contributed by atoms with E-state index in [9.17, 15) is 4.79 Å². The zero-order valence-electron chi connectivity index (χ0n) is 14.5. The number of rotatable bonds is 7. The Bertz CT molecular complexity index is 929. The van der Waals surface area contributed by atoms with Gasteiger partial charge in [0, 0.05) is 0 Å². The molecular formula is C19H17Cl2N3O2S. The summed E-state index contributed by atoms with van der Waals surface area (Å²) in [5.74, 6) is 0.398. The number of thioether (sulfide) groups is 1. The Hall–Kier alpha value is -2.02. The summed E-state index contributed by atoms with van der Waals surface area (Å²) < 4.78 is 5.60. The van der Waals surface area contributed by atoms with Crippen LogP contribution in [-0.2, 0) is 17.6 Å². The lowest BCUT2D eigenvalue weighted by molar-refractivity contribution is -0.113. The number of nitrogens with one attached hydrogen (secondary N) is 1. The Balaban J connectivity index is 1.52. The topological polar surface area (TPSA) is 68.0 Å². The third-order valence-corrected chi connectivity index (χ3v) is 5.42. The molecule has 2 aromatic carbocycles. The number of aryl methyl sites for hydroxylation is 1. The number of hydrogen-bond acceptors (Lipinski definition) is 5. The molecule has 0 saturated carbocycles. The molecule has 0 aliphatic carbocycles. The Kier molecular flexibility index (Phi) is 6.77. The molecule has 1 amide bonds. The van der Waals surface area contributed by atoms with Crippen LogP contribution in [-0.4, -0.2) is 21.9 Å². The number of anilines is 1. The highest BCUT2D eigenvalue weighted by atomic mass is 35.5. The predicted molar refractivity (Wildman–Crippen MR) is 109 cm³/mol. The highest BCUT2D eigenvalue weighted by molar-refractivity contribution is 7.99. The van der Waals surface area contributed by atoms with E-state index >= 15 is 0 Å². The summed E-state index contributed by atoms with van der Waals surface area (Å²) in [6.07, 6.45) is 1.56. The van der Waals surface area contributed by atoms with Crippen LogP contribution < -0.4 is 5.32 Å². The maximum atomic E-state index is 12.1. The van der Waals surface area contributed by atoms with Crippen LogP contribution in [0, 0.1) is 0 Å². The number of halogens is 2. The summed E-state index contributed by atoms with van der Waals surface area (Å²) >= 11 is 13.2. The van der Waals surface area contributed by atoms with Crippen molar-refractivity contribution in [1.82, 2.24) is 10.2 Å². The molecule has 0 unspecified atom stereocenters. The molecule has 0 aliphatic rings. The number of nitrogens with zero attached hydrogens (tertiary/aromatic N) is 2. The first-order chi connectivity index (χ1) is 13.0. The lowest BCUT2D eigenvalue weighted by Crippen LogP contribution is -2.14. The van der Waals surface area contributed by atoms with Crippen LogP contribution in [0.4, 0.5) is 5.69 Å². The molecule has 1 aromatic heterocycles. The molecule has 8 heteroatoms. The molecule has 0 bridgehead atoms. The molecule has 0 atom stereocenters. The quantitative estimate of drug-likeness (QED) is 0.526. The number of hydrogen-bond donors (Lipinski definition) is 1. The number of amides is 1. The van der Waals surface area contributed by atoms with Gasteiger partial charge in [0.2, 0.25) is 11.8 Å². The molecule has 3 rings (SSSR count). The van der Waals surface area contributed by atoms with Crippen molar-refractivity contribution in [2.75, 3.05) is 11.1 Å². The first kappa shape index (κ1) is 19.7. The van der Waals surface area contributed by atoms with E-state index in [0.29, 0.717) is 33.3 Å². The summed E-state index contributed by atoms with van der Waals surface area (Å²) in [5, 5.41) is 11.8. The van der Waals surface area contributed by atoms with Crippen LogP contribution in [0.2, 0.25) is 10.0 Å². The zero-order chi connectivity index (χ0) is 19.2. The fourth-order valence-electron chi connectivity index (χ4n) is 2.35. The molecule has 0 saturated heterocycles. The second-order valence-corrected chi connectivity index (χ2v) is 7.46. The van der Waals surface area contributed by atoms with Gasteiger partial charge in [-0.1, -0.05) is 72.2 Å². The van der Waals surface area contributed by atoms with Gasteiger partial charge < -0.3 is 9.73 Å². The Morgan fingerprint density at radius 1 is 1.11 bits per heavy atom. The van der Waals surface area contributed by atoms with Crippen molar-refractivity contribution in [3.63, 3.8) is 0 Å². The summed E-state index contributed by atoms with van der Waals surface area (Å²) in [6, 6.07) is 13.3. The van der Waals surface area contributed by atoms with Crippen LogP contribution in [0.3, 0.4) is 0 Å². The minimum Gasteiger partial charge on any atom is -0.416 e. The van der Waals surface area contributed by atoms with E-state index < -0.39 is 0 Å². The van der Waals surface area contributed by atoms with Gasteiger partial charge in [-0.15, -0.1) is 10.2 Å². The number of carbonyl (C=O) groups excluding carboxylic acids is 1. The van der Waals surface area contributed by atoms with E-state index in [4.69, 9.17) is 27.6 Å². The minimum atomic E-state index is -0.237. The maximum Gasteiger partial charge on any atom is 0.277 e. The van der Waals surface area contributed by atoms with Crippen molar-refractivity contribution in [2.45, 2.75) is 25.0 Å². The normalized spacial score (nSPS) is 10.8. The van der Waals surface area contributed by atoms with Crippen molar-refractivity contribution in [3.05, 3.63) is 69.5 Å². The van der Waals surface area contributed by atoms with Crippen LogP contribution in [0.15, 0.2) is 52.1 Å². The van der Waals surface area contributed by atoms with E-state index in [0.717, 1.165) is 12.0 Å². The third kappa shape index (κ3) is 5.48. The molecule has 0 aliphatic heterocycles. The van der Waals surface area contributed by atoms with Gasteiger partial charge in [-0.3, -0.25) is 4.79 Å². The fourth-order valence-corrected chi connectivity index (χ4v) is 3.28. The van der Waals surface area contributed by atoms with Crippen LogP contribution in [0.1, 0.15) is 23.9 Å². The first-order valence-corrected chi connectivity index (χ1v) is 10.1. The van der Waals surface area contributed by atoms with E-state index in [-0.39, 0.29) is 11.7 Å². The number of aromatic nitrogens is 2. The molecule has 0 radical (unpaired) electrons. The molecule has 27 heavy (non-hydrogen) atoms. The van der Waals surface area contributed by atoms with E-state index in [2.05, 4.69) is 46.7 Å². The van der Waals surface area contributed by atoms with Gasteiger partial charge in [0.05, 0.1) is 27.9 Å². The number of benzene rings is 2. The summed E-state index contributed by atoms with van der Waals surface area (Å²) in [7, 11) is 0. The Morgan fingerprint density at radius 2 is 1.85 bits per heavy atom. The van der Waals surface area contributed by atoms with Gasteiger partial charge in [0.25, 0.3) is 5.22 Å². The van der Waals surface area contributed by atoms with E-state index in [1.54, 1.807) is 18.2 Å². The van der Waals surface area contributed by atoms with Crippen LogP contribution in [0.5, 0.6) is 0 Å². The molecule has 5 nitrogen and oxygen atoms in total. The van der Waals surface area contributed by atoms with Crippen molar-refractivity contribution in [2.24, 2.45) is 0 Å². The predicted octanol–water partition coefficient (Wildman–Crippen LogP) is 5.26. The molecular weight excluding hydrogens is 405 g/mol. The van der Waals surface area contributed by atoms with Gasteiger partial charge >= 0.3 is 0 Å². The standard InChI is InChI=1S/C19H17Cl2N3O2S/c1-2-12-6-8-13(9-7-12)10-17-23-24-19(26-17)27-11-16(25)22-15-5-3-4-14(20)18(15)21/h3-9H,2,10-11H2,1H3,(H,22,25). The zero-order valence-corrected chi connectivity index (χ0v) is 16.9. The average Bonchev–Trinajstić information content (AvgIpc) is 3.12. The molecule has 3 aromatic rings. The SMILES string of the molecule is CCc1ccc(Cc2nnc(SCC(=O)Nc3cccc(Cl)c3Cl)o2)cc1. The second-order valence-electron chi connectivity index (χ2n) is 5.75. The first-order valence-electron chi connectivity index (χ1n) is 8.32. The monoisotopic (exact) mass is 421 g/mol. The Morgan fingerprint density at radius 3 is 2.59 bits per heavy atom. The van der Waals surface area contributed by atoms with Gasteiger partial charge in [-0.05, 0) is 29.7 Å². The largest absolute Gasteiger partial charge is 0.416 e. The van der Waals surface area contributed by atoms with Crippen LogP contribution in [0.25, 0.3) is 0 Å². The van der Waals surface area contributed by atoms with Gasteiger partial charge in [-0.25, -0.2) is 0 Å². The van der Waals surface area contributed by atoms with Gasteiger partial charge in [-0.2, -0.15) is 0 Å². The molecule has 0 spiro atoms. The smallest absolute Gasteiger partial charge is 0.277 e. The van der Waals surface area contributed by atoms with Gasteiger partial charge in [0.1, 0.15) is 0 Å². The van der Waals surface area contributed by atoms with Crippen molar-refractivity contribution in [1.29, 1.82) is 0 Å². The fraction of sp³-hybridized carbons (Fsp3) is 0.211. The Labute approximate surface area is 171 Å². The van der Waals surface area contributed by atoms with Gasteiger partial charge in [0.15, 0.2) is 0 Å².